The molecule has 0 aliphatic carbocycles. The van der Waals surface area contributed by atoms with Crippen LogP contribution in [0.1, 0.15) is 29.5 Å². The number of hydrogen-bond donors (Lipinski definition) is 0. The Morgan fingerprint density at radius 2 is 2.47 bits per heavy atom. The van der Waals surface area contributed by atoms with Crippen LogP contribution >= 0.6 is 0 Å². The molecule has 0 saturated carbocycles. The van der Waals surface area contributed by atoms with E-state index in [2.05, 4.69) is 14.7 Å². The van der Waals surface area contributed by atoms with Crippen LogP contribution < -0.4 is 0 Å². The van der Waals surface area contributed by atoms with Crippen molar-refractivity contribution in [2.24, 2.45) is 0 Å². The third-order valence-electron chi connectivity index (χ3n) is 2.12. The van der Waals surface area contributed by atoms with Gasteiger partial charge in [-0.2, -0.15) is 4.98 Å². The Bertz CT molecular complexity index is 445. The average Bonchev–Trinajstić information content (AvgIpc) is 2.88. The number of ketones is 1. The predicted octanol–water partition coefficient (Wildman–Crippen LogP) is 1.51. The van der Waals surface area contributed by atoms with E-state index in [9.17, 15) is 4.79 Å². The normalized spacial score (nSPS) is 10.5. The first-order valence-corrected chi connectivity index (χ1v) is 4.74. The highest BCUT2D eigenvalue weighted by Gasteiger charge is 2.06. The summed E-state index contributed by atoms with van der Waals surface area (Å²) in [5, 5.41) is 3.69. The second kappa shape index (κ2) is 4.08. The zero-order valence-electron chi connectivity index (χ0n) is 8.38. The largest absolute Gasteiger partial charge is 0.346 e. The average molecular weight is 205 g/mol. The van der Waals surface area contributed by atoms with Gasteiger partial charge >= 0.3 is 0 Å². The van der Waals surface area contributed by atoms with Gasteiger partial charge in [-0.15, -0.1) is 0 Å². The summed E-state index contributed by atoms with van der Waals surface area (Å²) in [6.45, 7) is 2.37. The lowest BCUT2D eigenvalue weighted by Gasteiger charge is -1.96. The third-order valence-corrected chi connectivity index (χ3v) is 2.12. The van der Waals surface area contributed by atoms with Crippen molar-refractivity contribution in [3.05, 3.63) is 36.2 Å². The van der Waals surface area contributed by atoms with Crippen molar-refractivity contribution in [2.45, 2.75) is 19.9 Å². The van der Waals surface area contributed by atoms with Crippen molar-refractivity contribution in [1.82, 2.24) is 14.7 Å². The Morgan fingerprint density at radius 1 is 1.60 bits per heavy atom. The number of carbonyl (C=O) groups excluding carboxylic acids is 1. The number of nitrogens with zero attached hydrogens (tertiary/aromatic N) is 3. The van der Waals surface area contributed by atoms with Crippen molar-refractivity contribution < 1.29 is 9.32 Å². The molecule has 0 atom stereocenters. The number of hydrogen-bond acceptors (Lipinski definition) is 4. The maximum absolute atomic E-state index is 11.4. The van der Waals surface area contributed by atoms with E-state index in [1.807, 2.05) is 17.7 Å². The summed E-state index contributed by atoms with van der Waals surface area (Å²) < 4.78 is 6.48. The molecule has 2 aromatic heterocycles. The molecule has 2 heterocycles. The van der Waals surface area contributed by atoms with Crippen molar-refractivity contribution in [1.29, 1.82) is 0 Å². The molecule has 0 N–H and O–H groups in total. The van der Waals surface area contributed by atoms with Crippen molar-refractivity contribution in [2.75, 3.05) is 0 Å². The summed E-state index contributed by atoms with van der Waals surface area (Å²) in [5.74, 6) is 0.739. The minimum Gasteiger partial charge on any atom is -0.346 e. The Morgan fingerprint density at radius 3 is 3.13 bits per heavy atom. The molecular weight excluding hydrogens is 194 g/mol. The number of aromatic nitrogens is 3. The minimum atomic E-state index is 0.141. The molecule has 5 heteroatoms. The van der Waals surface area contributed by atoms with Crippen LogP contribution in [-0.2, 0) is 6.54 Å². The zero-order chi connectivity index (χ0) is 10.7. The molecule has 0 aromatic carbocycles. The molecule has 0 radical (unpaired) electrons. The molecule has 0 fully saturated rings. The van der Waals surface area contributed by atoms with Crippen LogP contribution in [-0.4, -0.2) is 20.5 Å². The van der Waals surface area contributed by atoms with Crippen molar-refractivity contribution in [3.63, 3.8) is 0 Å². The molecule has 5 nitrogen and oxygen atoms in total. The van der Waals surface area contributed by atoms with Gasteiger partial charge in [0.15, 0.2) is 11.6 Å². The van der Waals surface area contributed by atoms with E-state index in [-0.39, 0.29) is 5.78 Å². The fourth-order valence-electron chi connectivity index (χ4n) is 1.33. The zero-order valence-corrected chi connectivity index (χ0v) is 8.38. The van der Waals surface area contributed by atoms with E-state index in [0.29, 0.717) is 18.8 Å². The van der Waals surface area contributed by atoms with E-state index in [4.69, 9.17) is 0 Å². The number of Topliss-reactive ketones (excluding diaryl/α,β-unsaturated/α-hetero) is 1. The molecule has 78 valence electrons. The molecule has 15 heavy (non-hydrogen) atoms. The monoisotopic (exact) mass is 205 g/mol. The van der Waals surface area contributed by atoms with Crippen LogP contribution in [0.25, 0.3) is 0 Å². The highest BCUT2D eigenvalue weighted by atomic mass is 16.5. The Balaban J connectivity index is 2.11. The highest BCUT2D eigenvalue weighted by molar-refractivity contribution is 5.95. The molecule has 0 spiro atoms. The molecule has 2 aromatic rings. The molecule has 0 aliphatic rings. The van der Waals surface area contributed by atoms with Gasteiger partial charge in [0.2, 0.25) is 6.39 Å². The van der Waals surface area contributed by atoms with Crippen LogP contribution in [0.2, 0.25) is 0 Å². The van der Waals surface area contributed by atoms with Crippen LogP contribution in [0, 0.1) is 0 Å². The lowest BCUT2D eigenvalue weighted by molar-refractivity contribution is 0.0988. The van der Waals surface area contributed by atoms with E-state index in [1.165, 1.54) is 6.39 Å². The quantitative estimate of drug-likeness (QED) is 0.710. The maximum Gasteiger partial charge on any atom is 0.213 e. The first-order valence-electron chi connectivity index (χ1n) is 4.74. The Kier molecular flexibility index (Phi) is 2.62. The minimum absolute atomic E-state index is 0.141. The van der Waals surface area contributed by atoms with Crippen LogP contribution in [0.3, 0.4) is 0 Å². The van der Waals surface area contributed by atoms with Gasteiger partial charge in [-0.05, 0) is 6.07 Å². The van der Waals surface area contributed by atoms with E-state index in [0.717, 1.165) is 5.56 Å². The maximum atomic E-state index is 11.4. The fraction of sp³-hybridized carbons (Fsp3) is 0.300. The van der Waals surface area contributed by atoms with Crippen molar-refractivity contribution >= 4 is 5.78 Å². The molecule has 0 unspecified atom stereocenters. The van der Waals surface area contributed by atoms with Gasteiger partial charge in [0.25, 0.3) is 0 Å². The van der Waals surface area contributed by atoms with E-state index in [1.54, 1.807) is 12.3 Å². The molecule has 0 amide bonds. The standard InChI is InChI=1S/C10H11N3O2/c1-2-9(14)8-3-4-13(5-8)6-10-11-7-15-12-10/h3-5,7H,2,6H2,1H3. The topological polar surface area (TPSA) is 60.9 Å². The van der Waals surface area contributed by atoms with Gasteiger partial charge in [0, 0.05) is 24.4 Å². The predicted molar refractivity (Wildman–Crippen MR) is 52.5 cm³/mol. The number of carbonyl (C=O) groups is 1. The summed E-state index contributed by atoms with van der Waals surface area (Å²) >= 11 is 0. The van der Waals surface area contributed by atoms with Gasteiger partial charge in [0.05, 0.1) is 6.54 Å². The second-order valence-corrected chi connectivity index (χ2v) is 3.20. The molecule has 0 saturated heterocycles. The first-order chi connectivity index (χ1) is 7.29. The summed E-state index contributed by atoms with van der Waals surface area (Å²) in [6.07, 6.45) is 5.44. The smallest absolute Gasteiger partial charge is 0.213 e. The summed E-state index contributed by atoms with van der Waals surface area (Å²) in [6, 6.07) is 1.80. The second-order valence-electron chi connectivity index (χ2n) is 3.20. The molecule has 2 rings (SSSR count). The van der Waals surface area contributed by atoms with Crippen LogP contribution in [0.5, 0.6) is 0 Å². The molecule has 0 aliphatic heterocycles. The Hall–Kier alpha value is -1.91. The van der Waals surface area contributed by atoms with Crippen molar-refractivity contribution in [3.8, 4) is 0 Å². The highest BCUT2D eigenvalue weighted by Crippen LogP contribution is 2.06. The van der Waals surface area contributed by atoms with E-state index < -0.39 is 0 Å². The third kappa shape index (κ3) is 2.12. The Labute approximate surface area is 86.7 Å². The van der Waals surface area contributed by atoms with Gasteiger partial charge in [-0.3, -0.25) is 4.79 Å². The summed E-state index contributed by atoms with van der Waals surface area (Å²) in [5.41, 5.74) is 0.723. The molecule has 0 bridgehead atoms. The first kappa shape index (κ1) is 9.64. The number of rotatable bonds is 4. The lowest BCUT2D eigenvalue weighted by Crippen LogP contribution is -1.99. The van der Waals surface area contributed by atoms with Crippen LogP contribution in [0.15, 0.2) is 29.4 Å². The van der Waals surface area contributed by atoms with E-state index >= 15 is 0 Å². The fourth-order valence-corrected chi connectivity index (χ4v) is 1.33. The lowest BCUT2D eigenvalue weighted by atomic mass is 10.2. The van der Waals surface area contributed by atoms with Crippen LogP contribution in [0.4, 0.5) is 0 Å². The van der Waals surface area contributed by atoms with Gasteiger partial charge in [0.1, 0.15) is 0 Å². The van der Waals surface area contributed by atoms with Gasteiger partial charge < -0.3 is 9.09 Å². The molecular formula is C10H11N3O2. The van der Waals surface area contributed by atoms with Gasteiger partial charge in [-0.1, -0.05) is 12.1 Å². The summed E-state index contributed by atoms with van der Waals surface area (Å²) in [4.78, 5) is 15.3. The summed E-state index contributed by atoms with van der Waals surface area (Å²) in [7, 11) is 0. The van der Waals surface area contributed by atoms with Gasteiger partial charge in [-0.25, -0.2) is 0 Å². The SMILES string of the molecule is CCC(=O)c1ccn(Cc2ncon2)c1.